The number of guanidine groups is 1. The minimum absolute atomic E-state index is 0.372. The molecule has 6 nitrogen and oxygen atoms in total. The van der Waals surface area contributed by atoms with E-state index in [1.807, 2.05) is 12.1 Å². The van der Waals surface area contributed by atoms with E-state index in [1.54, 1.807) is 14.2 Å². The number of aliphatic imine (C=N–C) groups is 1. The number of nitrogens with one attached hydrogen (secondary N) is 2. The van der Waals surface area contributed by atoms with Gasteiger partial charge in [0.1, 0.15) is 5.75 Å². The van der Waals surface area contributed by atoms with Gasteiger partial charge in [-0.1, -0.05) is 12.1 Å². The third kappa shape index (κ3) is 5.28. The Kier molecular flexibility index (Phi) is 6.83. The predicted octanol–water partition coefficient (Wildman–Crippen LogP) is 2.65. The molecule has 0 aromatic heterocycles. The molecule has 2 aliphatic rings. The number of hydrogen-bond acceptors (Lipinski definition) is 4. The van der Waals surface area contributed by atoms with Crippen LogP contribution in [0.2, 0.25) is 0 Å². The molecule has 0 radical (unpaired) electrons. The SMILES string of the molecule is CCNC(=NCC1(CCOC)CC1)NC1CCN(c2ccccc2OC)C1. The molecule has 1 unspecified atom stereocenters. The number of nitrogens with zero attached hydrogens (tertiary/aromatic N) is 2. The van der Waals surface area contributed by atoms with Gasteiger partial charge >= 0.3 is 0 Å². The van der Waals surface area contributed by atoms with Gasteiger partial charge in [-0.15, -0.1) is 0 Å². The van der Waals surface area contributed by atoms with Crippen LogP contribution in [-0.2, 0) is 4.74 Å². The van der Waals surface area contributed by atoms with Crippen molar-refractivity contribution in [2.45, 2.75) is 38.6 Å². The van der Waals surface area contributed by atoms with Crippen LogP contribution >= 0.6 is 0 Å². The van der Waals surface area contributed by atoms with E-state index in [0.29, 0.717) is 11.5 Å². The minimum atomic E-state index is 0.372. The number of hydrogen-bond donors (Lipinski definition) is 2. The highest BCUT2D eigenvalue weighted by atomic mass is 16.5. The zero-order valence-electron chi connectivity index (χ0n) is 17.0. The molecule has 27 heavy (non-hydrogen) atoms. The van der Waals surface area contributed by atoms with Gasteiger partial charge in [0, 0.05) is 45.9 Å². The average Bonchev–Trinajstić information content (AvgIpc) is 3.33. The lowest BCUT2D eigenvalue weighted by molar-refractivity contribution is 0.174. The number of anilines is 1. The molecule has 0 spiro atoms. The summed E-state index contributed by atoms with van der Waals surface area (Å²) in [5, 5.41) is 7.04. The maximum absolute atomic E-state index is 5.52. The number of benzene rings is 1. The quantitative estimate of drug-likeness (QED) is 0.514. The smallest absolute Gasteiger partial charge is 0.191 e. The number of para-hydroxylation sites is 2. The zero-order valence-corrected chi connectivity index (χ0v) is 17.0. The summed E-state index contributed by atoms with van der Waals surface area (Å²) >= 11 is 0. The van der Waals surface area contributed by atoms with E-state index in [-0.39, 0.29) is 0 Å². The van der Waals surface area contributed by atoms with Crippen LogP contribution in [0.15, 0.2) is 29.3 Å². The molecule has 2 fully saturated rings. The summed E-state index contributed by atoms with van der Waals surface area (Å²) in [6, 6.07) is 8.63. The lowest BCUT2D eigenvalue weighted by Crippen LogP contribution is -2.45. The molecule has 0 amide bonds. The van der Waals surface area contributed by atoms with Gasteiger partial charge in [0.15, 0.2) is 5.96 Å². The molecule has 1 aliphatic carbocycles. The number of rotatable bonds is 9. The van der Waals surface area contributed by atoms with Crippen molar-refractivity contribution in [3.63, 3.8) is 0 Å². The van der Waals surface area contributed by atoms with Crippen LogP contribution in [0.3, 0.4) is 0 Å². The largest absolute Gasteiger partial charge is 0.495 e. The molecule has 1 atom stereocenters. The third-order valence-corrected chi connectivity index (χ3v) is 5.67. The molecule has 150 valence electrons. The van der Waals surface area contributed by atoms with Crippen molar-refractivity contribution in [1.29, 1.82) is 0 Å². The van der Waals surface area contributed by atoms with Crippen molar-refractivity contribution in [2.75, 3.05) is 51.9 Å². The molecule has 1 saturated heterocycles. The van der Waals surface area contributed by atoms with E-state index in [2.05, 4.69) is 34.6 Å². The van der Waals surface area contributed by atoms with Crippen molar-refractivity contribution in [1.82, 2.24) is 10.6 Å². The summed E-state index contributed by atoms with van der Waals surface area (Å²) in [5.41, 5.74) is 1.54. The van der Waals surface area contributed by atoms with E-state index >= 15 is 0 Å². The molecular formula is C21H34N4O2. The first-order valence-electron chi connectivity index (χ1n) is 10.1. The normalized spacial score (nSPS) is 21.2. The average molecular weight is 375 g/mol. The van der Waals surface area contributed by atoms with Gasteiger partial charge in [0.2, 0.25) is 0 Å². The van der Waals surface area contributed by atoms with Crippen LogP contribution in [0, 0.1) is 5.41 Å². The fourth-order valence-corrected chi connectivity index (χ4v) is 3.73. The lowest BCUT2D eigenvalue weighted by atomic mass is 10.0. The van der Waals surface area contributed by atoms with Crippen LogP contribution in [-0.4, -0.2) is 59.0 Å². The van der Waals surface area contributed by atoms with Crippen molar-refractivity contribution in [3.8, 4) is 5.75 Å². The highest BCUT2D eigenvalue weighted by Crippen LogP contribution is 2.48. The maximum atomic E-state index is 5.52. The second-order valence-corrected chi connectivity index (χ2v) is 7.69. The minimum Gasteiger partial charge on any atom is -0.495 e. The summed E-state index contributed by atoms with van der Waals surface area (Å²) in [6.07, 6.45) is 4.74. The molecule has 1 heterocycles. The topological polar surface area (TPSA) is 58.1 Å². The van der Waals surface area contributed by atoms with Gasteiger partial charge < -0.3 is 25.0 Å². The Bertz CT molecular complexity index is 630. The highest BCUT2D eigenvalue weighted by molar-refractivity contribution is 5.80. The Hall–Kier alpha value is -1.95. The molecule has 1 aliphatic heterocycles. The fourth-order valence-electron chi connectivity index (χ4n) is 3.73. The second kappa shape index (κ2) is 9.31. The van der Waals surface area contributed by atoms with Crippen molar-refractivity contribution < 1.29 is 9.47 Å². The molecule has 3 rings (SSSR count). The Balaban J connectivity index is 1.57. The van der Waals surface area contributed by atoms with Crippen LogP contribution in [0.1, 0.15) is 32.6 Å². The van der Waals surface area contributed by atoms with Gasteiger partial charge in [-0.2, -0.15) is 0 Å². The molecule has 2 N–H and O–H groups in total. The summed E-state index contributed by atoms with van der Waals surface area (Å²) in [6.45, 7) is 6.68. The predicted molar refractivity (Wildman–Crippen MR) is 111 cm³/mol. The molecule has 6 heteroatoms. The van der Waals surface area contributed by atoms with E-state index in [1.165, 1.54) is 18.5 Å². The Morgan fingerprint density at radius 3 is 2.81 bits per heavy atom. The summed E-state index contributed by atoms with van der Waals surface area (Å²) in [4.78, 5) is 7.28. The Labute approximate surface area is 163 Å². The summed E-state index contributed by atoms with van der Waals surface area (Å²) in [7, 11) is 3.51. The Morgan fingerprint density at radius 2 is 2.11 bits per heavy atom. The first kappa shape index (κ1) is 19.8. The number of ether oxygens (including phenoxy) is 2. The van der Waals surface area contributed by atoms with Crippen molar-refractivity contribution in [2.24, 2.45) is 10.4 Å². The maximum Gasteiger partial charge on any atom is 0.191 e. The van der Waals surface area contributed by atoms with Gasteiger partial charge in [-0.05, 0) is 50.2 Å². The van der Waals surface area contributed by atoms with Gasteiger partial charge in [-0.25, -0.2) is 0 Å². The lowest BCUT2D eigenvalue weighted by Gasteiger charge is -2.22. The molecule has 0 bridgehead atoms. The molecule has 1 aromatic rings. The number of methoxy groups -OCH3 is 2. The summed E-state index contributed by atoms with van der Waals surface area (Å²) in [5.74, 6) is 1.88. The van der Waals surface area contributed by atoms with Crippen LogP contribution in [0.25, 0.3) is 0 Å². The zero-order chi connectivity index (χ0) is 19.1. The molecule has 1 saturated carbocycles. The van der Waals surface area contributed by atoms with Crippen LogP contribution in [0.5, 0.6) is 5.75 Å². The van der Waals surface area contributed by atoms with E-state index in [4.69, 9.17) is 14.5 Å². The van der Waals surface area contributed by atoms with Gasteiger partial charge in [0.25, 0.3) is 0 Å². The fraction of sp³-hybridized carbons (Fsp3) is 0.667. The standard InChI is InChI=1S/C21H34N4O2/c1-4-22-20(23-16-21(10-11-21)12-14-26-2)24-17-9-13-25(15-17)18-7-5-6-8-19(18)27-3/h5-8,17H,4,9-16H2,1-3H3,(H2,22,23,24). The van der Waals surface area contributed by atoms with E-state index < -0.39 is 0 Å². The van der Waals surface area contributed by atoms with Crippen LogP contribution < -0.4 is 20.3 Å². The second-order valence-electron chi connectivity index (χ2n) is 7.69. The van der Waals surface area contributed by atoms with E-state index in [9.17, 15) is 0 Å². The third-order valence-electron chi connectivity index (χ3n) is 5.67. The molecule has 1 aromatic carbocycles. The van der Waals surface area contributed by atoms with Gasteiger partial charge in [0.05, 0.1) is 12.8 Å². The van der Waals surface area contributed by atoms with Gasteiger partial charge in [-0.3, -0.25) is 4.99 Å². The van der Waals surface area contributed by atoms with E-state index in [0.717, 1.165) is 57.3 Å². The summed E-state index contributed by atoms with van der Waals surface area (Å²) < 4.78 is 10.8. The van der Waals surface area contributed by atoms with Crippen LogP contribution in [0.4, 0.5) is 5.69 Å². The Morgan fingerprint density at radius 1 is 1.30 bits per heavy atom. The van der Waals surface area contributed by atoms with Crippen molar-refractivity contribution in [3.05, 3.63) is 24.3 Å². The van der Waals surface area contributed by atoms with Crippen molar-refractivity contribution >= 4 is 11.6 Å². The first-order valence-corrected chi connectivity index (χ1v) is 10.1. The monoisotopic (exact) mass is 374 g/mol. The molecular weight excluding hydrogens is 340 g/mol. The highest BCUT2D eigenvalue weighted by Gasteiger charge is 2.41. The first-order chi connectivity index (χ1) is 13.2.